The maximum absolute atomic E-state index is 10.8. The highest BCUT2D eigenvalue weighted by molar-refractivity contribution is 7.99. The third kappa shape index (κ3) is 3.47. The Bertz CT molecular complexity index is 642. The number of hydrogen-bond acceptors (Lipinski definition) is 5. The molecule has 0 spiro atoms. The van der Waals surface area contributed by atoms with Crippen molar-refractivity contribution in [3.05, 3.63) is 12.1 Å². The molecule has 0 saturated carbocycles. The van der Waals surface area contributed by atoms with E-state index in [1.807, 2.05) is 10.6 Å². The zero-order chi connectivity index (χ0) is 15.4. The molecule has 2 aromatic heterocycles. The molecule has 0 aliphatic rings. The Hall–Kier alpha value is -1.76. The van der Waals surface area contributed by atoms with Crippen LogP contribution in [0.4, 0.5) is 0 Å². The van der Waals surface area contributed by atoms with Crippen molar-refractivity contribution in [2.45, 2.75) is 37.9 Å². The standard InChI is InChI=1S/C14H19N3O3S/c1-4-5-9(2)17-13-10(6-7-11(16-13)20-3)15-14(17)21-8-12(18)19/h6-7,9H,4-5,8H2,1-3H3,(H,18,19). The summed E-state index contributed by atoms with van der Waals surface area (Å²) in [4.78, 5) is 19.8. The number of fused-ring (bicyclic) bond motifs is 1. The lowest BCUT2D eigenvalue weighted by Crippen LogP contribution is -2.08. The van der Waals surface area contributed by atoms with Crippen molar-refractivity contribution in [1.82, 2.24) is 14.5 Å². The summed E-state index contributed by atoms with van der Waals surface area (Å²) in [6.07, 6.45) is 2.01. The van der Waals surface area contributed by atoms with Crippen LogP contribution < -0.4 is 4.74 Å². The summed E-state index contributed by atoms with van der Waals surface area (Å²) in [6.45, 7) is 4.21. The summed E-state index contributed by atoms with van der Waals surface area (Å²) in [5.41, 5.74) is 1.50. The minimum atomic E-state index is -0.854. The van der Waals surface area contributed by atoms with Crippen LogP contribution in [-0.4, -0.2) is 38.5 Å². The SMILES string of the molecule is CCCC(C)n1c(SCC(=O)O)nc2ccc(OC)nc21. The predicted molar refractivity (Wildman–Crippen MR) is 82.1 cm³/mol. The molecule has 0 amide bonds. The summed E-state index contributed by atoms with van der Waals surface area (Å²) in [5.74, 6) is -0.339. The van der Waals surface area contributed by atoms with E-state index in [1.165, 1.54) is 11.8 Å². The summed E-state index contributed by atoms with van der Waals surface area (Å²) in [6, 6.07) is 3.81. The van der Waals surface area contributed by atoms with Gasteiger partial charge in [0, 0.05) is 12.1 Å². The molecule has 0 aromatic carbocycles. The highest BCUT2D eigenvalue weighted by atomic mass is 32.2. The van der Waals surface area contributed by atoms with Gasteiger partial charge in [-0.2, -0.15) is 4.98 Å². The van der Waals surface area contributed by atoms with Gasteiger partial charge in [-0.05, 0) is 19.4 Å². The smallest absolute Gasteiger partial charge is 0.313 e. The number of ether oxygens (including phenoxy) is 1. The lowest BCUT2D eigenvalue weighted by Gasteiger charge is -2.15. The summed E-state index contributed by atoms with van der Waals surface area (Å²) in [7, 11) is 1.57. The number of carbonyl (C=O) groups is 1. The quantitative estimate of drug-likeness (QED) is 0.792. The van der Waals surface area contributed by atoms with Gasteiger partial charge in [0.25, 0.3) is 0 Å². The van der Waals surface area contributed by atoms with Crippen LogP contribution in [0.1, 0.15) is 32.7 Å². The van der Waals surface area contributed by atoms with E-state index in [4.69, 9.17) is 9.84 Å². The Labute approximate surface area is 127 Å². The molecule has 6 nitrogen and oxygen atoms in total. The fourth-order valence-corrected chi connectivity index (χ4v) is 3.04. The first kappa shape index (κ1) is 15.6. The molecule has 2 heterocycles. The molecule has 0 bridgehead atoms. The molecule has 1 unspecified atom stereocenters. The average Bonchev–Trinajstić information content (AvgIpc) is 2.82. The summed E-state index contributed by atoms with van der Waals surface area (Å²) < 4.78 is 7.18. The Morgan fingerprint density at radius 1 is 1.48 bits per heavy atom. The van der Waals surface area contributed by atoms with Crippen molar-refractivity contribution in [2.24, 2.45) is 0 Å². The number of nitrogens with zero attached hydrogens (tertiary/aromatic N) is 3. The molecule has 1 N–H and O–H groups in total. The number of imidazole rings is 1. The maximum atomic E-state index is 10.8. The number of pyridine rings is 1. The van der Waals surface area contributed by atoms with Crippen molar-refractivity contribution in [3.8, 4) is 5.88 Å². The van der Waals surface area contributed by atoms with E-state index >= 15 is 0 Å². The van der Waals surface area contributed by atoms with Crippen LogP contribution in [-0.2, 0) is 4.79 Å². The first-order chi connectivity index (χ1) is 10.1. The van der Waals surface area contributed by atoms with E-state index in [9.17, 15) is 4.79 Å². The number of methoxy groups -OCH3 is 1. The molecule has 0 radical (unpaired) electrons. The Morgan fingerprint density at radius 2 is 2.24 bits per heavy atom. The highest BCUT2D eigenvalue weighted by Crippen LogP contribution is 2.29. The minimum Gasteiger partial charge on any atom is -0.481 e. The maximum Gasteiger partial charge on any atom is 0.313 e. The van der Waals surface area contributed by atoms with E-state index in [0.717, 1.165) is 24.0 Å². The predicted octanol–water partition coefficient (Wildman–Crippen LogP) is 2.98. The van der Waals surface area contributed by atoms with Gasteiger partial charge in [0.15, 0.2) is 10.8 Å². The van der Waals surface area contributed by atoms with Gasteiger partial charge in [-0.1, -0.05) is 25.1 Å². The van der Waals surface area contributed by atoms with Crippen LogP contribution in [0.25, 0.3) is 11.2 Å². The van der Waals surface area contributed by atoms with E-state index in [2.05, 4.69) is 23.8 Å². The second-order valence-electron chi connectivity index (χ2n) is 4.78. The van der Waals surface area contributed by atoms with E-state index in [1.54, 1.807) is 13.2 Å². The van der Waals surface area contributed by atoms with Crippen LogP contribution in [0.2, 0.25) is 0 Å². The lowest BCUT2D eigenvalue weighted by molar-refractivity contribution is -0.133. The zero-order valence-electron chi connectivity index (χ0n) is 12.4. The fourth-order valence-electron chi connectivity index (χ4n) is 2.22. The molecular weight excluding hydrogens is 290 g/mol. The van der Waals surface area contributed by atoms with E-state index in [-0.39, 0.29) is 11.8 Å². The van der Waals surface area contributed by atoms with E-state index in [0.29, 0.717) is 11.0 Å². The molecule has 2 rings (SSSR count). The number of hydrogen-bond donors (Lipinski definition) is 1. The second-order valence-corrected chi connectivity index (χ2v) is 5.72. The average molecular weight is 309 g/mol. The summed E-state index contributed by atoms with van der Waals surface area (Å²) in [5, 5.41) is 9.56. The van der Waals surface area contributed by atoms with Gasteiger partial charge >= 0.3 is 5.97 Å². The number of rotatable bonds is 7. The molecule has 1 atom stereocenters. The largest absolute Gasteiger partial charge is 0.481 e. The van der Waals surface area contributed by atoms with Crippen LogP contribution >= 0.6 is 11.8 Å². The van der Waals surface area contributed by atoms with Crippen LogP contribution in [0.15, 0.2) is 17.3 Å². The third-order valence-electron chi connectivity index (χ3n) is 3.16. The van der Waals surface area contributed by atoms with Gasteiger partial charge in [-0.25, -0.2) is 4.98 Å². The monoisotopic (exact) mass is 309 g/mol. The number of carboxylic acid groups (broad SMARTS) is 1. The summed E-state index contributed by atoms with van der Waals surface area (Å²) >= 11 is 1.22. The van der Waals surface area contributed by atoms with Gasteiger partial charge in [-0.15, -0.1) is 0 Å². The lowest BCUT2D eigenvalue weighted by atomic mass is 10.2. The second kappa shape index (κ2) is 6.80. The highest BCUT2D eigenvalue weighted by Gasteiger charge is 2.18. The molecule has 0 aliphatic heterocycles. The molecule has 114 valence electrons. The van der Waals surface area contributed by atoms with Gasteiger partial charge in [0.05, 0.1) is 12.9 Å². The molecule has 0 aliphatic carbocycles. The first-order valence-corrected chi connectivity index (χ1v) is 7.83. The minimum absolute atomic E-state index is 0.0146. The first-order valence-electron chi connectivity index (χ1n) is 6.84. The third-order valence-corrected chi connectivity index (χ3v) is 4.10. The molecular formula is C14H19N3O3S. The van der Waals surface area contributed by atoms with Crippen molar-refractivity contribution >= 4 is 28.9 Å². The topological polar surface area (TPSA) is 77.2 Å². The van der Waals surface area contributed by atoms with Gasteiger partial charge in [-0.3, -0.25) is 4.79 Å². The van der Waals surface area contributed by atoms with Crippen LogP contribution in [0.3, 0.4) is 0 Å². The molecule has 0 saturated heterocycles. The Morgan fingerprint density at radius 3 is 2.86 bits per heavy atom. The van der Waals surface area contributed by atoms with Crippen molar-refractivity contribution in [3.63, 3.8) is 0 Å². The van der Waals surface area contributed by atoms with Gasteiger partial charge in [0.2, 0.25) is 5.88 Å². The Kier molecular flexibility index (Phi) is 5.06. The molecule has 2 aromatic rings. The van der Waals surface area contributed by atoms with Crippen molar-refractivity contribution < 1.29 is 14.6 Å². The number of thioether (sulfide) groups is 1. The van der Waals surface area contributed by atoms with Crippen molar-refractivity contribution in [2.75, 3.05) is 12.9 Å². The van der Waals surface area contributed by atoms with E-state index < -0.39 is 5.97 Å². The number of aromatic nitrogens is 3. The van der Waals surface area contributed by atoms with Crippen molar-refractivity contribution in [1.29, 1.82) is 0 Å². The Balaban J connectivity index is 2.49. The number of aliphatic carboxylic acids is 1. The van der Waals surface area contributed by atoms with Gasteiger partial charge in [0.1, 0.15) is 5.52 Å². The number of carboxylic acids is 1. The van der Waals surface area contributed by atoms with Crippen LogP contribution in [0, 0.1) is 0 Å². The molecule has 7 heteroatoms. The zero-order valence-corrected chi connectivity index (χ0v) is 13.2. The molecule has 21 heavy (non-hydrogen) atoms. The van der Waals surface area contributed by atoms with Gasteiger partial charge < -0.3 is 14.4 Å². The molecule has 0 fully saturated rings. The normalized spacial score (nSPS) is 12.5. The van der Waals surface area contributed by atoms with Crippen LogP contribution in [0.5, 0.6) is 5.88 Å². The fraction of sp³-hybridized carbons (Fsp3) is 0.500.